The second kappa shape index (κ2) is 4.10. The van der Waals surface area contributed by atoms with Crippen LogP contribution in [0.4, 0.5) is 13.2 Å². The van der Waals surface area contributed by atoms with Crippen LogP contribution >= 0.6 is 12.2 Å². The average molecular weight is 288 g/mol. The number of alkyl halides is 3. The molecule has 0 amide bonds. The first-order chi connectivity index (χ1) is 8.93. The number of rotatable bonds is 0. The van der Waals surface area contributed by atoms with Crippen LogP contribution in [0.1, 0.15) is 24.0 Å². The Morgan fingerprint density at radius 1 is 1.26 bits per heavy atom. The van der Waals surface area contributed by atoms with Crippen LogP contribution < -0.4 is 0 Å². The molecule has 1 fully saturated rings. The fourth-order valence-corrected chi connectivity index (χ4v) is 3.20. The maximum Gasteiger partial charge on any atom is 0.429 e. The molecule has 2 aliphatic rings. The molecule has 1 saturated heterocycles. The van der Waals surface area contributed by atoms with Crippen molar-refractivity contribution in [1.82, 2.24) is 0 Å². The number of benzene rings is 1. The fraction of sp³-hybridized carbons (Fsp3) is 0.462. The van der Waals surface area contributed by atoms with Crippen LogP contribution in [0.2, 0.25) is 0 Å². The summed E-state index contributed by atoms with van der Waals surface area (Å²) in [6, 6.07) is 7.03. The van der Waals surface area contributed by atoms with Gasteiger partial charge in [-0.15, -0.1) is 0 Å². The van der Waals surface area contributed by atoms with Crippen molar-refractivity contribution < 1.29 is 22.6 Å². The molecule has 6 heteroatoms. The van der Waals surface area contributed by atoms with Gasteiger partial charge in [0.1, 0.15) is 0 Å². The lowest BCUT2D eigenvalue weighted by molar-refractivity contribution is -0.224. The zero-order valence-electron chi connectivity index (χ0n) is 9.87. The lowest BCUT2D eigenvalue weighted by atomic mass is 9.75. The van der Waals surface area contributed by atoms with Gasteiger partial charge in [0.25, 0.3) is 0 Å². The van der Waals surface area contributed by atoms with E-state index in [2.05, 4.69) is 0 Å². The van der Waals surface area contributed by atoms with Gasteiger partial charge in [0.15, 0.2) is 5.60 Å². The number of halogens is 3. The number of thiocarbonyl (C=S) groups is 1. The first-order valence-electron chi connectivity index (χ1n) is 5.98. The third-order valence-corrected chi connectivity index (χ3v) is 3.85. The minimum atomic E-state index is -4.51. The molecule has 1 spiro atoms. The van der Waals surface area contributed by atoms with Gasteiger partial charge in [-0.1, -0.05) is 24.3 Å². The Morgan fingerprint density at radius 2 is 2.00 bits per heavy atom. The van der Waals surface area contributed by atoms with Gasteiger partial charge in [0, 0.05) is 17.8 Å². The summed E-state index contributed by atoms with van der Waals surface area (Å²) in [4.78, 5) is 0. The number of ether oxygens (including phenoxy) is 2. The highest BCUT2D eigenvalue weighted by Crippen LogP contribution is 2.50. The molecule has 0 N–H and O–H groups in total. The standard InChI is InChI=1S/C13H11F3O2S/c14-13(15,16)10-12(18-11(19)17-10)7-3-5-8-4-1-2-6-9(8)12/h1-2,4,6,10H,3,5,7H2/t10-,12-/m1/s1. The molecule has 0 radical (unpaired) electrons. The van der Waals surface area contributed by atoms with Gasteiger partial charge >= 0.3 is 11.4 Å². The van der Waals surface area contributed by atoms with E-state index in [0.717, 1.165) is 12.0 Å². The number of hydrogen-bond donors (Lipinski definition) is 0. The molecule has 0 saturated carbocycles. The SMILES string of the molecule is FC(F)(F)[C@@H]1OC(=S)O[C@@]12CCCc1ccccc12. The predicted molar refractivity (Wildman–Crippen MR) is 65.7 cm³/mol. The van der Waals surface area contributed by atoms with Gasteiger partial charge in [-0.3, -0.25) is 0 Å². The summed E-state index contributed by atoms with van der Waals surface area (Å²) >= 11 is 4.70. The highest BCUT2D eigenvalue weighted by Gasteiger charge is 2.64. The smallest absolute Gasteiger partial charge is 0.429 e. The molecule has 0 aromatic heterocycles. The van der Waals surface area contributed by atoms with Crippen molar-refractivity contribution in [2.45, 2.75) is 37.1 Å². The monoisotopic (exact) mass is 288 g/mol. The zero-order valence-corrected chi connectivity index (χ0v) is 10.7. The molecule has 1 heterocycles. The number of aryl methyl sites for hydroxylation is 1. The normalized spacial score (nSPS) is 29.8. The van der Waals surface area contributed by atoms with E-state index in [9.17, 15) is 13.2 Å². The molecule has 0 bridgehead atoms. The molecule has 0 unspecified atom stereocenters. The maximum atomic E-state index is 13.2. The van der Waals surface area contributed by atoms with Crippen LogP contribution in [0.25, 0.3) is 0 Å². The lowest BCUT2D eigenvalue weighted by Gasteiger charge is -2.37. The Hall–Kier alpha value is -1.30. The van der Waals surface area contributed by atoms with E-state index >= 15 is 0 Å². The van der Waals surface area contributed by atoms with E-state index in [0.29, 0.717) is 12.0 Å². The Kier molecular flexibility index (Phi) is 2.74. The maximum absolute atomic E-state index is 13.2. The van der Waals surface area contributed by atoms with Crippen LogP contribution in [-0.2, 0) is 21.5 Å². The van der Waals surface area contributed by atoms with E-state index < -0.39 is 23.1 Å². The van der Waals surface area contributed by atoms with Crippen molar-refractivity contribution in [3.05, 3.63) is 35.4 Å². The molecular weight excluding hydrogens is 277 g/mol. The minimum absolute atomic E-state index is 0.258. The summed E-state index contributed by atoms with van der Waals surface area (Å²) in [6.45, 7) is 0. The predicted octanol–water partition coefficient (Wildman–Crippen LogP) is 3.48. The van der Waals surface area contributed by atoms with Gasteiger partial charge < -0.3 is 9.47 Å². The van der Waals surface area contributed by atoms with Crippen molar-refractivity contribution in [1.29, 1.82) is 0 Å². The summed E-state index contributed by atoms with van der Waals surface area (Å²) in [5, 5.41) is -0.418. The lowest BCUT2D eigenvalue weighted by Crippen LogP contribution is -2.48. The van der Waals surface area contributed by atoms with Crippen molar-refractivity contribution in [2.24, 2.45) is 0 Å². The molecule has 3 rings (SSSR count). The third kappa shape index (κ3) is 1.89. The van der Waals surface area contributed by atoms with Crippen LogP contribution in [0.5, 0.6) is 0 Å². The van der Waals surface area contributed by atoms with Gasteiger partial charge in [-0.05, 0) is 24.8 Å². The van der Waals surface area contributed by atoms with Crippen LogP contribution in [0, 0.1) is 0 Å². The average Bonchev–Trinajstić information content (AvgIpc) is 2.68. The Morgan fingerprint density at radius 3 is 2.74 bits per heavy atom. The number of hydrogen-bond acceptors (Lipinski definition) is 3. The van der Waals surface area contributed by atoms with E-state index in [1.54, 1.807) is 12.1 Å². The quantitative estimate of drug-likeness (QED) is 0.681. The first kappa shape index (κ1) is 12.7. The summed E-state index contributed by atoms with van der Waals surface area (Å²) in [5.41, 5.74) is -0.0933. The van der Waals surface area contributed by atoms with Gasteiger partial charge in [0.2, 0.25) is 6.10 Å². The number of fused-ring (bicyclic) bond motifs is 2. The molecular formula is C13H11F3O2S. The molecule has 102 valence electrons. The highest BCUT2D eigenvalue weighted by atomic mass is 32.1. The molecule has 1 aromatic carbocycles. The third-order valence-electron chi connectivity index (χ3n) is 3.67. The molecule has 2 atom stereocenters. The Balaban J connectivity index is 2.15. The van der Waals surface area contributed by atoms with E-state index in [-0.39, 0.29) is 6.42 Å². The van der Waals surface area contributed by atoms with E-state index in [4.69, 9.17) is 21.7 Å². The van der Waals surface area contributed by atoms with Crippen LogP contribution in [-0.4, -0.2) is 17.5 Å². The molecule has 2 nitrogen and oxygen atoms in total. The van der Waals surface area contributed by atoms with Gasteiger partial charge in [-0.25, -0.2) is 0 Å². The van der Waals surface area contributed by atoms with Crippen molar-refractivity contribution in [2.75, 3.05) is 0 Å². The van der Waals surface area contributed by atoms with Crippen molar-refractivity contribution >= 4 is 17.5 Å². The molecule has 1 aromatic rings. The van der Waals surface area contributed by atoms with Gasteiger partial charge in [-0.2, -0.15) is 13.2 Å². The van der Waals surface area contributed by atoms with E-state index in [1.165, 1.54) is 0 Å². The van der Waals surface area contributed by atoms with Crippen molar-refractivity contribution in [3.8, 4) is 0 Å². The topological polar surface area (TPSA) is 18.5 Å². The second-order valence-corrected chi connectivity index (χ2v) is 5.13. The molecule has 19 heavy (non-hydrogen) atoms. The fourth-order valence-electron chi connectivity index (χ4n) is 2.95. The summed E-state index contributed by atoms with van der Waals surface area (Å²) in [6.07, 6.45) is -4.90. The summed E-state index contributed by atoms with van der Waals surface area (Å²) < 4.78 is 49.7. The largest absolute Gasteiger partial charge is 0.441 e. The Bertz CT molecular complexity index is 529. The second-order valence-electron chi connectivity index (χ2n) is 4.79. The minimum Gasteiger partial charge on any atom is -0.441 e. The van der Waals surface area contributed by atoms with Crippen LogP contribution in [0.3, 0.4) is 0 Å². The van der Waals surface area contributed by atoms with Crippen molar-refractivity contribution in [3.63, 3.8) is 0 Å². The Labute approximate surface area is 113 Å². The first-order valence-corrected chi connectivity index (χ1v) is 6.39. The van der Waals surface area contributed by atoms with E-state index in [1.807, 2.05) is 12.1 Å². The highest BCUT2D eigenvalue weighted by molar-refractivity contribution is 7.79. The van der Waals surface area contributed by atoms with Crippen LogP contribution in [0.15, 0.2) is 24.3 Å². The van der Waals surface area contributed by atoms with Gasteiger partial charge in [0.05, 0.1) is 0 Å². The molecule has 1 aliphatic heterocycles. The summed E-state index contributed by atoms with van der Waals surface area (Å²) in [5.74, 6) is 0. The molecule has 1 aliphatic carbocycles. The zero-order chi connectivity index (χ0) is 13.7. The summed E-state index contributed by atoms with van der Waals surface area (Å²) in [7, 11) is 0.